The number of amides is 1. The van der Waals surface area contributed by atoms with Gasteiger partial charge in [0.05, 0.1) is 34.8 Å². The number of benzene rings is 1. The zero-order valence-electron chi connectivity index (χ0n) is 13.6. The van der Waals surface area contributed by atoms with Gasteiger partial charge in [0.2, 0.25) is 0 Å². The van der Waals surface area contributed by atoms with Gasteiger partial charge < -0.3 is 10.2 Å². The largest absolute Gasteiger partial charge is 0.440 e. The standard InChI is InChI=1S/C16H13IN4O4S2/c17-21(27(23,24)15-2-1-9-26-15)12-5-3-11(4-6-12)16(22)20-19-10-13-7-8-14(18)25-13/h1-10H,18H2,(H,20,22)/b19-10+. The van der Waals surface area contributed by atoms with Crippen LogP contribution in [0.1, 0.15) is 16.1 Å². The van der Waals surface area contributed by atoms with Crippen molar-refractivity contribution >= 4 is 67.9 Å². The van der Waals surface area contributed by atoms with Gasteiger partial charge in [-0.15, -0.1) is 11.3 Å². The molecule has 3 rings (SSSR count). The van der Waals surface area contributed by atoms with E-state index in [1.807, 2.05) is 0 Å². The molecular weight excluding hydrogens is 503 g/mol. The van der Waals surface area contributed by atoms with Crippen LogP contribution in [-0.2, 0) is 10.0 Å². The third-order valence-electron chi connectivity index (χ3n) is 3.30. The molecule has 0 fully saturated rings. The Kier molecular flexibility index (Phi) is 5.82. The van der Waals surface area contributed by atoms with Crippen LogP contribution >= 0.6 is 34.2 Å². The molecule has 27 heavy (non-hydrogen) atoms. The van der Waals surface area contributed by atoms with Crippen molar-refractivity contribution in [2.45, 2.75) is 4.21 Å². The average molecular weight is 516 g/mol. The van der Waals surface area contributed by atoms with Gasteiger partial charge in [-0.1, -0.05) is 6.07 Å². The minimum atomic E-state index is -3.63. The highest BCUT2D eigenvalue weighted by molar-refractivity contribution is 14.1. The SMILES string of the molecule is Nc1ccc(/C=N/NC(=O)c2ccc(N(I)S(=O)(=O)c3cccs3)cc2)o1. The molecule has 2 heterocycles. The van der Waals surface area contributed by atoms with E-state index in [1.54, 1.807) is 58.6 Å². The van der Waals surface area contributed by atoms with Gasteiger partial charge in [-0.3, -0.25) is 4.79 Å². The number of hydrogen-bond acceptors (Lipinski definition) is 7. The van der Waals surface area contributed by atoms with Crippen LogP contribution in [0.15, 0.2) is 67.6 Å². The summed E-state index contributed by atoms with van der Waals surface area (Å²) in [5.74, 6) is 0.208. The van der Waals surface area contributed by atoms with Crippen LogP contribution in [0.4, 0.5) is 11.6 Å². The molecule has 0 aliphatic carbocycles. The van der Waals surface area contributed by atoms with Gasteiger partial charge in [-0.2, -0.15) is 13.5 Å². The molecule has 140 valence electrons. The van der Waals surface area contributed by atoms with E-state index in [0.29, 0.717) is 17.0 Å². The maximum absolute atomic E-state index is 12.5. The number of hydrogen-bond donors (Lipinski definition) is 2. The van der Waals surface area contributed by atoms with E-state index in [1.165, 1.54) is 24.4 Å². The minimum absolute atomic E-state index is 0.242. The molecule has 1 aromatic carbocycles. The molecule has 0 unspecified atom stereocenters. The highest BCUT2D eigenvalue weighted by Gasteiger charge is 2.24. The first-order valence-electron chi connectivity index (χ1n) is 7.41. The average Bonchev–Trinajstić information content (AvgIpc) is 3.33. The molecule has 1 amide bonds. The molecule has 0 radical (unpaired) electrons. The maximum atomic E-state index is 12.5. The second kappa shape index (κ2) is 8.10. The van der Waals surface area contributed by atoms with Crippen molar-refractivity contribution in [2.75, 3.05) is 8.25 Å². The number of furan rings is 1. The van der Waals surface area contributed by atoms with E-state index in [-0.39, 0.29) is 10.1 Å². The van der Waals surface area contributed by atoms with E-state index < -0.39 is 15.9 Å². The number of anilines is 2. The first kappa shape index (κ1) is 19.4. The molecule has 0 aliphatic heterocycles. The first-order valence-corrected chi connectivity index (χ1v) is 10.7. The van der Waals surface area contributed by atoms with Crippen LogP contribution in [-0.4, -0.2) is 20.5 Å². The number of thiophene rings is 1. The number of sulfonamides is 1. The van der Waals surface area contributed by atoms with E-state index in [9.17, 15) is 13.2 Å². The summed E-state index contributed by atoms with van der Waals surface area (Å²) in [7, 11) is -3.63. The highest BCUT2D eigenvalue weighted by Crippen LogP contribution is 2.29. The summed E-state index contributed by atoms with van der Waals surface area (Å²) in [4.78, 5) is 12.1. The smallest absolute Gasteiger partial charge is 0.282 e. The number of rotatable bonds is 6. The third kappa shape index (κ3) is 4.48. The molecule has 3 N–H and O–H groups in total. The Hall–Kier alpha value is -2.38. The molecule has 0 aliphatic rings. The zero-order chi connectivity index (χ0) is 19.4. The van der Waals surface area contributed by atoms with E-state index in [4.69, 9.17) is 10.2 Å². The van der Waals surface area contributed by atoms with Gasteiger partial charge in [0.1, 0.15) is 9.97 Å². The minimum Gasteiger partial charge on any atom is -0.440 e. The third-order valence-corrected chi connectivity index (χ3v) is 8.27. The normalized spacial score (nSPS) is 11.6. The fraction of sp³-hybridized carbons (Fsp3) is 0. The number of carbonyl (C=O) groups is 1. The first-order chi connectivity index (χ1) is 12.9. The molecule has 0 saturated heterocycles. The maximum Gasteiger partial charge on any atom is 0.282 e. The van der Waals surface area contributed by atoms with Crippen molar-refractivity contribution in [2.24, 2.45) is 5.10 Å². The van der Waals surface area contributed by atoms with Gasteiger partial charge in [-0.05, 0) is 41.8 Å². The Morgan fingerprint density at radius 1 is 1.22 bits per heavy atom. The number of halogens is 1. The number of nitrogens with one attached hydrogen (secondary N) is 1. The van der Waals surface area contributed by atoms with Gasteiger partial charge in [0.15, 0.2) is 5.88 Å². The fourth-order valence-electron chi connectivity index (χ4n) is 2.01. The van der Waals surface area contributed by atoms with Crippen molar-refractivity contribution in [3.8, 4) is 0 Å². The van der Waals surface area contributed by atoms with Crippen LogP contribution in [0.25, 0.3) is 0 Å². The number of carbonyl (C=O) groups excluding carboxylic acids is 1. The summed E-state index contributed by atoms with van der Waals surface area (Å²) in [6.45, 7) is 0. The number of nitrogens with two attached hydrogens (primary N) is 1. The molecule has 0 spiro atoms. The second-order valence-corrected chi connectivity index (χ2v) is 9.72. The Balaban J connectivity index is 1.67. The molecule has 8 nitrogen and oxygen atoms in total. The fourth-order valence-corrected chi connectivity index (χ4v) is 5.51. The molecule has 0 saturated carbocycles. The Labute approximate surface area is 173 Å². The van der Waals surface area contributed by atoms with E-state index in [2.05, 4.69) is 10.5 Å². The highest BCUT2D eigenvalue weighted by atomic mass is 127. The van der Waals surface area contributed by atoms with Crippen molar-refractivity contribution in [3.05, 3.63) is 65.2 Å². The zero-order valence-corrected chi connectivity index (χ0v) is 17.4. The van der Waals surface area contributed by atoms with Crippen molar-refractivity contribution in [1.29, 1.82) is 0 Å². The molecule has 3 aromatic rings. The van der Waals surface area contributed by atoms with Crippen LogP contribution in [0.3, 0.4) is 0 Å². The topological polar surface area (TPSA) is 118 Å². The van der Waals surface area contributed by atoms with Gasteiger partial charge >= 0.3 is 0 Å². The van der Waals surface area contributed by atoms with Gasteiger partial charge in [-0.25, -0.2) is 7.94 Å². The summed E-state index contributed by atoms with van der Waals surface area (Å²) in [5, 5.41) is 5.48. The van der Waals surface area contributed by atoms with Gasteiger partial charge in [0, 0.05) is 11.6 Å². The Bertz CT molecular complexity index is 1060. The summed E-state index contributed by atoms with van der Waals surface area (Å²) in [5.41, 5.74) is 8.55. The van der Waals surface area contributed by atoms with Crippen LogP contribution in [0, 0.1) is 0 Å². The van der Waals surface area contributed by atoms with Crippen LogP contribution < -0.4 is 13.7 Å². The Morgan fingerprint density at radius 3 is 2.56 bits per heavy atom. The molecule has 0 bridgehead atoms. The van der Waals surface area contributed by atoms with Crippen LogP contribution in [0.5, 0.6) is 0 Å². The number of nitrogen functional groups attached to an aromatic ring is 1. The molecule has 2 aromatic heterocycles. The lowest BCUT2D eigenvalue weighted by atomic mass is 10.2. The summed E-state index contributed by atoms with van der Waals surface area (Å²) in [6, 6.07) is 12.5. The lowest BCUT2D eigenvalue weighted by Crippen LogP contribution is -2.20. The Morgan fingerprint density at radius 2 is 1.96 bits per heavy atom. The molecule has 0 atom stereocenters. The number of nitrogens with zero attached hydrogens (tertiary/aromatic N) is 2. The van der Waals surface area contributed by atoms with Crippen LogP contribution in [0.2, 0.25) is 0 Å². The summed E-state index contributed by atoms with van der Waals surface area (Å²) in [6.07, 6.45) is 1.32. The van der Waals surface area contributed by atoms with Crippen molar-refractivity contribution in [3.63, 3.8) is 0 Å². The number of hydrazone groups is 1. The van der Waals surface area contributed by atoms with E-state index >= 15 is 0 Å². The lowest BCUT2D eigenvalue weighted by Gasteiger charge is -2.16. The van der Waals surface area contributed by atoms with Crippen molar-refractivity contribution < 1.29 is 17.6 Å². The predicted molar refractivity (Wildman–Crippen MR) is 113 cm³/mol. The summed E-state index contributed by atoms with van der Waals surface area (Å²) >= 11 is 2.86. The quantitative estimate of drug-likeness (QED) is 0.226. The monoisotopic (exact) mass is 516 g/mol. The second-order valence-electron chi connectivity index (χ2n) is 5.14. The van der Waals surface area contributed by atoms with Gasteiger partial charge in [0.25, 0.3) is 15.9 Å². The lowest BCUT2D eigenvalue weighted by molar-refractivity contribution is 0.0955. The van der Waals surface area contributed by atoms with Crippen molar-refractivity contribution in [1.82, 2.24) is 5.43 Å². The molecular formula is C16H13IN4O4S2. The summed E-state index contributed by atoms with van der Waals surface area (Å²) < 4.78 is 31.5. The predicted octanol–water partition coefficient (Wildman–Crippen LogP) is 3.23. The van der Waals surface area contributed by atoms with E-state index in [0.717, 1.165) is 13.9 Å². The molecule has 11 heteroatoms.